The average molecular weight is 645 g/mol. The minimum absolute atomic E-state index is 0.173. The van der Waals surface area contributed by atoms with E-state index in [2.05, 4.69) is 0 Å². The maximum atomic E-state index is 9.73. The van der Waals surface area contributed by atoms with E-state index in [9.17, 15) is 8.22 Å². The Morgan fingerprint density at radius 3 is 1.77 bits per heavy atom. The van der Waals surface area contributed by atoms with E-state index in [0.717, 1.165) is 31.3 Å². The molecule has 0 saturated heterocycles. The number of fused-ring (bicyclic) bond motifs is 4. The fourth-order valence-corrected chi connectivity index (χ4v) is 7.06. The summed E-state index contributed by atoms with van der Waals surface area (Å²) in [7, 11) is 0. The van der Waals surface area contributed by atoms with Crippen LogP contribution in [0.15, 0.2) is 188 Å². The number of thiophene rings is 1. The Morgan fingerprint density at radius 2 is 1.04 bits per heavy atom. The normalized spacial score (nSPS) is 15.7. The van der Waals surface area contributed by atoms with Crippen molar-refractivity contribution in [2.24, 2.45) is 0 Å². The van der Waals surface area contributed by atoms with Crippen molar-refractivity contribution in [1.82, 2.24) is 0 Å². The molecule has 9 aromatic rings. The number of hydrogen-bond donors (Lipinski definition) is 0. The molecule has 0 aliphatic rings. The lowest BCUT2D eigenvalue weighted by Gasteiger charge is -2.27. The van der Waals surface area contributed by atoms with E-state index < -0.39 is 124 Å². The molecule has 0 saturated carbocycles. The molecule has 0 atom stereocenters. The van der Waals surface area contributed by atoms with Gasteiger partial charge in [0.25, 0.3) is 0 Å². The Morgan fingerprint density at radius 1 is 0.438 bits per heavy atom. The molecule has 2 heteroatoms. The van der Waals surface area contributed by atoms with Crippen molar-refractivity contribution in [2.75, 3.05) is 4.90 Å². The number of nitrogens with zero attached hydrogens (tertiary/aromatic N) is 1. The van der Waals surface area contributed by atoms with Crippen molar-refractivity contribution < 1.29 is 20.6 Å². The van der Waals surface area contributed by atoms with E-state index in [0.29, 0.717) is 11.4 Å². The van der Waals surface area contributed by atoms with Crippen LogP contribution in [0.1, 0.15) is 20.6 Å². The topological polar surface area (TPSA) is 3.24 Å². The van der Waals surface area contributed by atoms with Gasteiger partial charge in [-0.2, -0.15) is 0 Å². The van der Waals surface area contributed by atoms with Crippen molar-refractivity contribution in [2.45, 2.75) is 0 Å². The fraction of sp³-hybridized carbons (Fsp3) is 0. The zero-order valence-electron chi connectivity index (χ0n) is 40.1. The Balaban J connectivity index is 1.40. The molecule has 48 heavy (non-hydrogen) atoms. The second kappa shape index (κ2) is 12.0. The molecular formula is C46H31NS. The van der Waals surface area contributed by atoms with Gasteiger partial charge < -0.3 is 4.90 Å². The molecule has 1 nitrogen and oxygen atoms in total. The second-order valence-electron chi connectivity index (χ2n) is 11.0. The molecule has 0 aliphatic heterocycles. The average Bonchev–Trinajstić information content (AvgIpc) is 3.68. The summed E-state index contributed by atoms with van der Waals surface area (Å²) in [6.07, 6.45) is 0. The summed E-state index contributed by atoms with van der Waals surface area (Å²) in [5.41, 5.74) is 0.373. The van der Waals surface area contributed by atoms with Crippen molar-refractivity contribution in [3.8, 4) is 33.4 Å². The highest BCUT2D eigenvalue weighted by Crippen LogP contribution is 2.45. The highest BCUT2D eigenvalue weighted by atomic mass is 32.1. The molecule has 1 heterocycles. The van der Waals surface area contributed by atoms with Crippen molar-refractivity contribution in [1.29, 1.82) is 0 Å². The highest BCUT2D eigenvalue weighted by molar-refractivity contribution is 7.26. The molecule has 0 radical (unpaired) electrons. The first-order chi connectivity index (χ1) is 30.1. The van der Waals surface area contributed by atoms with Gasteiger partial charge in [-0.05, 0) is 98.7 Å². The number of hydrogen-bond acceptors (Lipinski definition) is 2. The van der Waals surface area contributed by atoms with Gasteiger partial charge in [0.2, 0.25) is 0 Å². The molecule has 0 bridgehead atoms. The quantitative estimate of drug-likeness (QED) is 0.174. The minimum Gasteiger partial charge on any atom is -0.310 e. The van der Waals surface area contributed by atoms with Crippen LogP contribution < -0.4 is 4.90 Å². The maximum Gasteiger partial charge on any atom is 0.0645 e. The van der Waals surface area contributed by atoms with Gasteiger partial charge in [0, 0.05) is 31.5 Å². The van der Waals surface area contributed by atoms with Gasteiger partial charge in [0.1, 0.15) is 0 Å². The molecule has 0 aliphatic carbocycles. The zero-order chi connectivity index (χ0) is 44.9. The maximum absolute atomic E-state index is 9.73. The van der Waals surface area contributed by atoms with Gasteiger partial charge in [0.05, 0.1) is 26.2 Å². The van der Waals surface area contributed by atoms with Gasteiger partial charge in [0.15, 0.2) is 0 Å². The van der Waals surface area contributed by atoms with Crippen LogP contribution in [0.25, 0.3) is 64.3 Å². The van der Waals surface area contributed by atoms with Gasteiger partial charge in [-0.3, -0.25) is 0 Å². The van der Waals surface area contributed by atoms with Gasteiger partial charge in [-0.25, -0.2) is 0 Å². The Hall–Kier alpha value is -5.96. The van der Waals surface area contributed by atoms with E-state index in [1.54, 1.807) is 16.2 Å². The van der Waals surface area contributed by atoms with Gasteiger partial charge >= 0.3 is 0 Å². The third-order valence-electron chi connectivity index (χ3n) is 8.13. The van der Waals surface area contributed by atoms with Crippen molar-refractivity contribution in [3.05, 3.63) is 188 Å². The molecule has 8 aromatic carbocycles. The summed E-state index contributed by atoms with van der Waals surface area (Å²) in [5, 5.41) is 0.737. The third-order valence-corrected chi connectivity index (χ3v) is 9.26. The molecule has 0 unspecified atom stereocenters. The standard InChI is InChI=1S/C46H31NS/c1-3-12-32(13-4-1)33-22-26-38(27-23-33)47(43-19-11-21-45-46(43)40-18-9-10-20-44(40)48-45)39-28-24-35(25-29-39)42-31-37-17-8-7-16-36(37)30-41(42)34-14-5-2-6-15-34/h1-31H/i2D,5D,6D,7D,8D,14D,15D,16D,17D,24D,25D,28D,29D,30D,31D. The van der Waals surface area contributed by atoms with E-state index in [-0.39, 0.29) is 5.69 Å². The van der Waals surface area contributed by atoms with Crippen LogP contribution in [0.3, 0.4) is 0 Å². The van der Waals surface area contributed by atoms with Crippen molar-refractivity contribution in [3.63, 3.8) is 0 Å². The van der Waals surface area contributed by atoms with Crippen LogP contribution >= 0.6 is 11.3 Å². The lowest BCUT2D eigenvalue weighted by Crippen LogP contribution is -2.10. The van der Waals surface area contributed by atoms with Gasteiger partial charge in [-0.1, -0.05) is 133 Å². The van der Waals surface area contributed by atoms with Crippen LogP contribution in [0.2, 0.25) is 0 Å². The van der Waals surface area contributed by atoms with Crippen molar-refractivity contribution >= 4 is 59.3 Å². The molecular weight excluding hydrogens is 599 g/mol. The Bertz CT molecular complexity index is 3350. The fourth-order valence-electron chi connectivity index (χ4n) is 5.93. The zero-order valence-corrected chi connectivity index (χ0v) is 25.9. The first-order valence-electron chi connectivity index (χ1n) is 22.6. The van der Waals surface area contributed by atoms with Crippen LogP contribution in [0.4, 0.5) is 17.1 Å². The summed E-state index contributed by atoms with van der Waals surface area (Å²) < 4.78 is 137. The van der Waals surface area contributed by atoms with Crippen LogP contribution in [-0.4, -0.2) is 0 Å². The van der Waals surface area contributed by atoms with Crippen LogP contribution in [0.5, 0.6) is 0 Å². The molecule has 0 amide bonds. The third kappa shape index (κ3) is 5.04. The van der Waals surface area contributed by atoms with E-state index in [1.807, 2.05) is 97.1 Å². The van der Waals surface area contributed by atoms with E-state index >= 15 is 0 Å². The highest BCUT2D eigenvalue weighted by Gasteiger charge is 2.19. The lowest BCUT2D eigenvalue weighted by molar-refractivity contribution is 1.30. The van der Waals surface area contributed by atoms with E-state index in [1.165, 1.54) is 0 Å². The van der Waals surface area contributed by atoms with Crippen LogP contribution in [0, 0.1) is 0 Å². The first-order valence-corrected chi connectivity index (χ1v) is 15.9. The molecule has 1 aromatic heterocycles. The van der Waals surface area contributed by atoms with Gasteiger partial charge in [-0.15, -0.1) is 11.3 Å². The smallest absolute Gasteiger partial charge is 0.0645 e. The minimum atomic E-state index is -0.802. The second-order valence-corrected chi connectivity index (χ2v) is 12.1. The monoisotopic (exact) mass is 644 g/mol. The SMILES string of the molecule is [2H]c1c([2H])c([2H])c(-c2c(-c3c([2H])c([2H])c(N(c4ccc(-c5ccccc5)cc4)c4cccc5sc6ccccc6c45)c([2H])c3[2H])c([2H])c3c([2H])c([2H])c([2H])c([2H])c3c2[2H])c([2H])c1[2H]. The molecule has 0 spiro atoms. The first kappa shape index (κ1) is 16.7. The predicted molar refractivity (Wildman–Crippen MR) is 208 cm³/mol. The predicted octanol–water partition coefficient (Wildman–Crippen LogP) is 13.7. The summed E-state index contributed by atoms with van der Waals surface area (Å²) >= 11 is 1.55. The number of rotatable bonds is 6. The lowest BCUT2D eigenvalue weighted by atomic mass is 9.91. The molecule has 9 rings (SSSR count). The Labute approximate surface area is 305 Å². The molecule has 0 fully saturated rings. The summed E-state index contributed by atoms with van der Waals surface area (Å²) in [6, 6.07) is 19.6. The number of anilines is 3. The molecule has 226 valence electrons. The summed E-state index contributed by atoms with van der Waals surface area (Å²) in [4.78, 5) is 1.64. The Kier molecular flexibility index (Phi) is 4.19. The number of benzene rings is 8. The summed E-state index contributed by atoms with van der Waals surface area (Å²) in [6.45, 7) is 0. The van der Waals surface area contributed by atoms with E-state index in [4.69, 9.17) is 12.3 Å². The molecule has 0 N–H and O–H groups in total. The largest absolute Gasteiger partial charge is 0.310 e. The summed E-state index contributed by atoms with van der Waals surface area (Å²) in [5.74, 6) is 0. The van der Waals surface area contributed by atoms with Crippen LogP contribution in [-0.2, 0) is 0 Å².